The van der Waals surface area contributed by atoms with Gasteiger partial charge in [-0.05, 0) is 39.2 Å². The fourth-order valence-corrected chi connectivity index (χ4v) is 5.71. The molecule has 0 saturated heterocycles. The minimum absolute atomic E-state index is 0.107. The van der Waals surface area contributed by atoms with Gasteiger partial charge in [-0.2, -0.15) is 5.10 Å². The van der Waals surface area contributed by atoms with Crippen LogP contribution in [0.1, 0.15) is 48.4 Å². The van der Waals surface area contributed by atoms with Gasteiger partial charge < -0.3 is 10.2 Å². The predicted molar refractivity (Wildman–Crippen MR) is 152 cm³/mol. The van der Waals surface area contributed by atoms with E-state index in [-0.39, 0.29) is 29.9 Å². The van der Waals surface area contributed by atoms with Gasteiger partial charge in [0.05, 0.1) is 22.4 Å². The number of amides is 2. The monoisotopic (exact) mass is 537 g/mol. The van der Waals surface area contributed by atoms with E-state index in [0.717, 1.165) is 22.5 Å². The number of hydrogen-bond acceptors (Lipinski definition) is 5. The van der Waals surface area contributed by atoms with Gasteiger partial charge in [-0.25, -0.2) is 9.07 Å². The Labute approximate surface area is 228 Å². The van der Waals surface area contributed by atoms with Gasteiger partial charge in [-0.15, -0.1) is 11.8 Å². The Kier molecular flexibility index (Phi) is 8.28. The maximum atomic E-state index is 15.2. The number of aryl methyl sites for hydroxylation is 1. The highest BCUT2D eigenvalue weighted by molar-refractivity contribution is 8.00. The van der Waals surface area contributed by atoms with Crippen molar-refractivity contribution in [2.75, 3.05) is 44.4 Å². The predicted octanol–water partition coefficient (Wildman–Crippen LogP) is 4.46. The van der Waals surface area contributed by atoms with Crippen LogP contribution < -0.4 is 10.2 Å². The van der Waals surface area contributed by atoms with E-state index in [2.05, 4.69) is 26.1 Å². The van der Waals surface area contributed by atoms with Crippen molar-refractivity contribution in [2.24, 2.45) is 0 Å². The molecule has 3 aromatic rings. The summed E-state index contributed by atoms with van der Waals surface area (Å²) in [6.45, 7) is 9.19. The standard InChI is InChI=1S/C29H36FN5O2S/c1-19-11-13-20(14-12-19)35-28-25(27(32-35)29(2,3)4)26(21-9-7-8-10-22(21)30)38-18-24(37)34(28)17-23(36)31-15-16-33(5)6/h7-14,26H,15-18H2,1-6H3,(H,31,36)/t26-/m1/s1. The summed E-state index contributed by atoms with van der Waals surface area (Å²) < 4.78 is 17.0. The van der Waals surface area contributed by atoms with Crippen LogP contribution in [-0.2, 0) is 15.0 Å². The molecule has 2 aromatic carbocycles. The number of nitrogens with zero attached hydrogens (tertiary/aromatic N) is 4. The van der Waals surface area contributed by atoms with Crippen molar-refractivity contribution in [1.82, 2.24) is 20.0 Å². The first-order chi connectivity index (χ1) is 18.0. The van der Waals surface area contributed by atoms with E-state index in [1.807, 2.05) is 56.3 Å². The molecule has 1 N–H and O–H groups in total. The zero-order chi connectivity index (χ0) is 27.6. The smallest absolute Gasteiger partial charge is 0.240 e. The minimum atomic E-state index is -0.467. The summed E-state index contributed by atoms with van der Waals surface area (Å²) in [5.41, 5.74) is 3.49. The molecule has 2 heterocycles. The molecule has 1 aliphatic heterocycles. The van der Waals surface area contributed by atoms with Crippen LogP contribution in [0.4, 0.5) is 10.2 Å². The van der Waals surface area contributed by atoms with E-state index < -0.39 is 10.7 Å². The molecule has 4 rings (SSSR count). The van der Waals surface area contributed by atoms with Crippen molar-refractivity contribution in [3.8, 4) is 5.69 Å². The van der Waals surface area contributed by atoms with Crippen LogP contribution in [0.15, 0.2) is 48.5 Å². The lowest BCUT2D eigenvalue weighted by molar-refractivity contribution is -0.122. The second-order valence-electron chi connectivity index (χ2n) is 10.9. The highest BCUT2D eigenvalue weighted by atomic mass is 32.2. The number of nitrogens with one attached hydrogen (secondary N) is 1. The maximum absolute atomic E-state index is 15.2. The van der Waals surface area contributed by atoms with Crippen molar-refractivity contribution in [1.29, 1.82) is 0 Å². The van der Waals surface area contributed by atoms with Crippen molar-refractivity contribution >= 4 is 29.4 Å². The molecule has 9 heteroatoms. The zero-order valence-electron chi connectivity index (χ0n) is 22.9. The number of hydrogen-bond donors (Lipinski definition) is 1. The molecule has 1 aromatic heterocycles. The van der Waals surface area contributed by atoms with E-state index in [1.54, 1.807) is 16.8 Å². The highest BCUT2D eigenvalue weighted by Gasteiger charge is 2.40. The number of thioether (sulfide) groups is 1. The number of fused-ring (bicyclic) bond motifs is 1. The molecule has 1 aliphatic rings. The van der Waals surface area contributed by atoms with E-state index in [1.165, 1.54) is 22.7 Å². The average molecular weight is 538 g/mol. The lowest BCUT2D eigenvalue weighted by Crippen LogP contribution is -2.43. The number of anilines is 1. The number of halogens is 1. The Balaban J connectivity index is 1.93. The topological polar surface area (TPSA) is 70.5 Å². The molecule has 0 unspecified atom stereocenters. The van der Waals surface area contributed by atoms with E-state index >= 15 is 4.39 Å². The molecule has 0 bridgehead atoms. The van der Waals surface area contributed by atoms with Crippen LogP contribution in [0.5, 0.6) is 0 Å². The van der Waals surface area contributed by atoms with Gasteiger partial charge in [0.2, 0.25) is 11.8 Å². The Morgan fingerprint density at radius 1 is 1.16 bits per heavy atom. The Morgan fingerprint density at radius 3 is 2.47 bits per heavy atom. The number of benzene rings is 2. The Hall–Kier alpha value is -3.17. The van der Waals surface area contributed by atoms with Crippen LogP contribution in [0.25, 0.3) is 5.69 Å². The minimum Gasteiger partial charge on any atom is -0.353 e. The van der Waals surface area contributed by atoms with Gasteiger partial charge in [0.1, 0.15) is 18.2 Å². The first-order valence-corrected chi connectivity index (χ1v) is 13.8. The van der Waals surface area contributed by atoms with Crippen LogP contribution in [0.2, 0.25) is 0 Å². The van der Waals surface area contributed by atoms with Crippen LogP contribution in [0.3, 0.4) is 0 Å². The highest BCUT2D eigenvalue weighted by Crippen LogP contribution is 2.48. The number of likely N-dealkylation sites (N-methyl/N-ethyl adjacent to an activating group) is 1. The molecule has 0 aliphatic carbocycles. The number of carbonyl (C=O) groups is 2. The quantitative estimate of drug-likeness (QED) is 0.482. The summed E-state index contributed by atoms with van der Waals surface area (Å²) >= 11 is 1.37. The molecule has 0 saturated carbocycles. The van der Waals surface area contributed by atoms with Gasteiger partial charge in [-0.3, -0.25) is 14.5 Å². The normalized spacial score (nSPS) is 15.9. The molecular formula is C29H36FN5O2S. The van der Waals surface area contributed by atoms with Crippen molar-refractivity contribution < 1.29 is 14.0 Å². The third kappa shape index (κ3) is 5.94. The molecule has 7 nitrogen and oxygen atoms in total. The summed E-state index contributed by atoms with van der Waals surface area (Å²) in [4.78, 5) is 30.2. The second kappa shape index (κ2) is 11.3. The summed E-state index contributed by atoms with van der Waals surface area (Å²) in [6, 6.07) is 14.6. The molecular weight excluding hydrogens is 501 g/mol. The van der Waals surface area contributed by atoms with Gasteiger partial charge >= 0.3 is 0 Å². The lowest BCUT2D eigenvalue weighted by Gasteiger charge is -2.25. The summed E-state index contributed by atoms with van der Waals surface area (Å²) in [5, 5.41) is 7.49. The van der Waals surface area contributed by atoms with Crippen molar-refractivity contribution in [2.45, 2.75) is 38.4 Å². The largest absolute Gasteiger partial charge is 0.353 e. The van der Waals surface area contributed by atoms with Gasteiger partial charge in [0.25, 0.3) is 0 Å². The fourth-order valence-electron chi connectivity index (χ4n) is 4.49. The van der Waals surface area contributed by atoms with Crippen molar-refractivity contribution in [3.05, 3.63) is 76.7 Å². The SMILES string of the molecule is Cc1ccc(-n2nc(C(C)(C)C)c3c2N(CC(=O)NCCN(C)C)C(=O)CS[C@@H]3c2ccccc2F)cc1. The zero-order valence-corrected chi connectivity index (χ0v) is 23.7. The number of rotatable bonds is 7. The fraction of sp³-hybridized carbons (Fsp3) is 0.414. The molecule has 0 spiro atoms. The lowest BCUT2D eigenvalue weighted by atomic mass is 9.87. The van der Waals surface area contributed by atoms with E-state index in [4.69, 9.17) is 5.10 Å². The molecule has 202 valence electrons. The summed E-state index contributed by atoms with van der Waals surface area (Å²) in [7, 11) is 3.87. The number of carbonyl (C=O) groups excluding carboxylic acids is 2. The molecule has 38 heavy (non-hydrogen) atoms. The average Bonchev–Trinajstić information content (AvgIpc) is 3.18. The maximum Gasteiger partial charge on any atom is 0.240 e. The van der Waals surface area contributed by atoms with Crippen LogP contribution in [0, 0.1) is 12.7 Å². The first kappa shape index (κ1) is 27.9. The van der Waals surface area contributed by atoms with Crippen LogP contribution >= 0.6 is 11.8 Å². The van der Waals surface area contributed by atoms with E-state index in [0.29, 0.717) is 24.5 Å². The molecule has 0 fully saturated rings. The van der Waals surface area contributed by atoms with Gasteiger partial charge in [0, 0.05) is 29.6 Å². The van der Waals surface area contributed by atoms with Crippen LogP contribution in [-0.4, -0.2) is 66.0 Å². The Bertz CT molecular complexity index is 1310. The third-order valence-corrected chi connectivity index (χ3v) is 7.69. The Morgan fingerprint density at radius 2 is 1.84 bits per heavy atom. The molecule has 2 amide bonds. The molecule has 1 atom stereocenters. The van der Waals surface area contributed by atoms with E-state index in [9.17, 15) is 9.59 Å². The third-order valence-electron chi connectivity index (χ3n) is 6.45. The molecule has 0 radical (unpaired) electrons. The second-order valence-corrected chi connectivity index (χ2v) is 12.0. The number of aromatic nitrogens is 2. The summed E-state index contributed by atoms with van der Waals surface area (Å²) in [6.07, 6.45) is 0. The summed E-state index contributed by atoms with van der Waals surface area (Å²) in [5.74, 6) is -0.178. The first-order valence-electron chi connectivity index (χ1n) is 12.8. The van der Waals surface area contributed by atoms with Gasteiger partial charge in [-0.1, -0.05) is 56.7 Å². The van der Waals surface area contributed by atoms with Gasteiger partial charge in [0.15, 0.2) is 0 Å². The van der Waals surface area contributed by atoms with Crippen molar-refractivity contribution in [3.63, 3.8) is 0 Å².